The Kier molecular flexibility index (Phi) is 5.76. The van der Waals surface area contributed by atoms with Crippen LogP contribution in [0.3, 0.4) is 0 Å². The van der Waals surface area contributed by atoms with Crippen LogP contribution in [0.4, 0.5) is 11.4 Å². The van der Waals surface area contributed by atoms with Gasteiger partial charge in [0.05, 0.1) is 4.92 Å². The first-order chi connectivity index (χ1) is 13.5. The van der Waals surface area contributed by atoms with Gasteiger partial charge in [-0.3, -0.25) is 19.7 Å². The lowest BCUT2D eigenvalue weighted by atomic mass is 10.1. The van der Waals surface area contributed by atoms with Crippen LogP contribution in [0.15, 0.2) is 78.9 Å². The van der Waals surface area contributed by atoms with Crippen LogP contribution in [-0.2, 0) is 6.54 Å². The van der Waals surface area contributed by atoms with Gasteiger partial charge in [-0.15, -0.1) is 0 Å². The number of nitro groups is 1. The molecule has 0 atom stereocenters. The second-order valence-corrected chi connectivity index (χ2v) is 6.01. The smallest absolute Gasteiger partial charge is 0.270 e. The zero-order chi connectivity index (χ0) is 19.9. The Hall–Kier alpha value is -4.00. The molecular formula is C21H17N3O4. The number of hydrogen-bond donors (Lipinski definition) is 2. The minimum Gasteiger partial charge on any atom is -0.348 e. The summed E-state index contributed by atoms with van der Waals surface area (Å²) in [5.41, 5.74) is 1.79. The molecule has 0 aliphatic carbocycles. The van der Waals surface area contributed by atoms with E-state index in [1.54, 1.807) is 24.3 Å². The van der Waals surface area contributed by atoms with Gasteiger partial charge < -0.3 is 10.6 Å². The molecule has 0 aromatic heterocycles. The van der Waals surface area contributed by atoms with Gasteiger partial charge in [-0.25, -0.2) is 0 Å². The summed E-state index contributed by atoms with van der Waals surface area (Å²) in [4.78, 5) is 35.0. The number of hydrogen-bond acceptors (Lipinski definition) is 4. The first-order valence-corrected chi connectivity index (χ1v) is 8.51. The van der Waals surface area contributed by atoms with E-state index in [9.17, 15) is 19.7 Å². The lowest BCUT2D eigenvalue weighted by Crippen LogP contribution is -2.23. The number of amides is 2. The van der Waals surface area contributed by atoms with Crippen LogP contribution >= 0.6 is 0 Å². The van der Waals surface area contributed by atoms with E-state index in [4.69, 9.17) is 0 Å². The zero-order valence-corrected chi connectivity index (χ0v) is 14.8. The zero-order valence-electron chi connectivity index (χ0n) is 14.8. The van der Waals surface area contributed by atoms with E-state index < -0.39 is 10.8 Å². The molecule has 0 saturated carbocycles. The van der Waals surface area contributed by atoms with Crippen molar-refractivity contribution in [1.29, 1.82) is 0 Å². The van der Waals surface area contributed by atoms with Crippen LogP contribution in [0.5, 0.6) is 0 Å². The highest BCUT2D eigenvalue weighted by molar-refractivity contribution is 6.05. The van der Waals surface area contributed by atoms with Crippen LogP contribution in [0.25, 0.3) is 0 Å². The van der Waals surface area contributed by atoms with Gasteiger partial charge in [-0.05, 0) is 29.8 Å². The van der Waals surface area contributed by atoms with Gasteiger partial charge in [-0.1, -0.05) is 42.5 Å². The lowest BCUT2D eigenvalue weighted by molar-refractivity contribution is -0.384. The van der Waals surface area contributed by atoms with Crippen molar-refractivity contribution >= 4 is 23.2 Å². The molecule has 3 aromatic rings. The molecule has 0 fully saturated rings. The Morgan fingerprint density at radius 3 is 2.21 bits per heavy atom. The Balaban J connectivity index is 1.67. The molecule has 28 heavy (non-hydrogen) atoms. The maximum atomic E-state index is 12.3. The molecule has 7 nitrogen and oxygen atoms in total. The Bertz CT molecular complexity index is 1020. The van der Waals surface area contributed by atoms with Gasteiger partial charge in [0.2, 0.25) is 0 Å². The largest absolute Gasteiger partial charge is 0.348 e. The summed E-state index contributed by atoms with van der Waals surface area (Å²) in [6, 6.07) is 21.4. The van der Waals surface area contributed by atoms with Gasteiger partial charge in [0, 0.05) is 35.5 Å². The predicted molar refractivity (Wildman–Crippen MR) is 105 cm³/mol. The molecular weight excluding hydrogens is 358 g/mol. The number of nitrogens with zero attached hydrogens (tertiary/aromatic N) is 1. The molecule has 0 spiro atoms. The summed E-state index contributed by atoms with van der Waals surface area (Å²) in [5.74, 6) is -0.763. The molecule has 0 unspecified atom stereocenters. The van der Waals surface area contributed by atoms with Gasteiger partial charge in [-0.2, -0.15) is 0 Å². The normalized spacial score (nSPS) is 10.1. The number of anilines is 1. The van der Waals surface area contributed by atoms with Crippen molar-refractivity contribution in [3.63, 3.8) is 0 Å². The van der Waals surface area contributed by atoms with Crippen molar-refractivity contribution in [2.45, 2.75) is 6.54 Å². The van der Waals surface area contributed by atoms with Gasteiger partial charge in [0.25, 0.3) is 17.5 Å². The van der Waals surface area contributed by atoms with Crippen molar-refractivity contribution in [3.05, 3.63) is 106 Å². The highest BCUT2D eigenvalue weighted by Gasteiger charge is 2.13. The molecule has 0 radical (unpaired) electrons. The fraction of sp³-hybridized carbons (Fsp3) is 0.0476. The predicted octanol–water partition coefficient (Wildman–Crippen LogP) is 3.78. The van der Waals surface area contributed by atoms with E-state index in [2.05, 4.69) is 10.6 Å². The third-order valence-corrected chi connectivity index (χ3v) is 4.00. The Morgan fingerprint density at radius 2 is 1.50 bits per heavy atom. The van der Waals surface area contributed by atoms with Gasteiger partial charge in [0.1, 0.15) is 0 Å². The highest BCUT2D eigenvalue weighted by atomic mass is 16.6. The highest BCUT2D eigenvalue weighted by Crippen LogP contribution is 2.16. The molecule has 3 rings (SSSR count). The number of carbonyl (C=O) groups is 2. The van der Waals surface area contributed by atoms with Gasteiger partial charge >= 0.3 is 0 Å². The summed E-state index contributed by atoms with van der Waals surface area (Å²) < 4.78 is 0. The van der Waals surface area contributed by atoms with E-state index in [1.807, 2.05) is 30.3 Å². The molecule has 0 saturated heterocycles. The molecule has 0 aliphatic heterocycles. The lowest BCUT2D eigenvalue weighted by Gasteiger charge is -2.09. The van der Waals surface area contributed by atoms with Crippen molar-refractivity contribution in [2.24, 2.45) is 0 Å². The molecule has 0 bridgehead atoms. The monoisotopic (exact) mass is 375 g/mol. The molecule has 0 aliphatic rings. The van der Waals surface area contributed by atoms with Crippen molar-refractivity contribution in [3.8, 4) is 0 Å². The first-order valence-electron chi connectivity index (χ1n) is 8.51. The summed E-state index contributed by atoms with van der Waals surface area (Å²) >= 11 is 0. The van der Waals surface area contributed by atoms with E-state index in [-0.39, 0.29) is 17.2 Å². The average Bonchev–Trinajstić information content (AvgIpc) is 2.73. The number of non-ortho nitro benzene ring substituents is 1. The molecule has 2 amide bonds. The van der Waals surface area contributed by atoms with E-state index in [0.29, 0.717) is 17.8 Å². The number of rotatable bonds is 6. The van der Waals surface area contributed by atoms with Crippen LogP contribution < -0.4 is 10.6 Å². The third-order valence-electron chi connectivity index (χ3n) is 4.00. The summed E-state index contributed by atoms with van der Waals surface area (Å²) in [6.07, 6.45) is 0. The van der Waals surface area contributed by atoms with Crippen LogP contribution in [0, 0.1) is 10.1 Å². The second kappa shape index (κ2) is 8.59. The van der Waals surface area contributed by atoms with E-state index in [0.717, 1.165) is 5.56 Å². The van der Waals surface area contributed by atoms with Crippen molar-refractivity contribution in [1.82, 2.24) is 5.32 Å². The van der Waals surface area contributed by atoms with Crippen LogP contribution in [0.1, 0.15) is 26.3 Å². The minimum atomic E-state index is -0.561. The van der Waals surface area contributed by atoms with E-state index in [1.165, 1.54) is 24.3 Å². The number of nitrogens with one attached hydrogen (secondary N) is 2. The molecule has 7 heteroatoms. The topological polar surface area (TPSA) is 101 Å². The summed E-state index contributed by atoms with van der Waals surface area (Å²) in [7, 11) is 0. The summed E-state index contributed by atoms with van der Waals surface area (Å²) in [5, 5.41) is 16.3. The SMILES string of the molecule is O=C(NCc1ccccc1)c1cccc(NC(=O)c2cccc([N+](=O)[O-])c2)c1. The van der Waals surface area contributed by atoms with Crippen LogP contribution in [0.2, 0.25) is 0 Å². The second-order valence-electron chi connectivity index (χ2n) is 6.01. The average molecular weight is 375 g/mol. The van der Waals surface area contributed by atoms with Crippen LogP contribution in [-0.4, -0.2) is 16.7 Å². The van der Waals surface area contributed by atoms with E-state index >= 15 is 0 Å². The Labute approximate surface area is 161 Å². The fourth-order valence-electron chi connectivity index (χ4n) is 2.58. The molecule has 0 heterocycles. The third kappa shape index (κ3) is 4.79. The molecule has 3 aromatic carbocycles. The molecule has 2 N–H and O–H groups in total. The standard InChI is InChI=1S/C21H17N3O4/c25-20(22-14-15-6-2-1-3-7-15)16-8-4-10-18(12-16)23-21(26)17-9-5-11-19(13-17)24(27)28/h1-13H,14H2,(H,22,25)(H,23,26). The number of carbonyl (C=O) groups excluding carboxylic acids is 2. The first kappa shape index (κ1) is 18.8. The maximum absolute atomic E-state index is 12.3. The Morgan fingerprint density at radius 1 is 0.821 bits per heavy atom. The van der Waals surface area contributed by atoms with Crippen molar-refractivity contribution < 1.29 is 14.5 Å². The number of benzene rings is 3. The molecule has 140 valence electrons. The van der Waals surface area contributed by atoms with Gasteiger partial charge in [0.15, 0.2) is 0 Å². The fourth-order valence-corrected chi connectivity index (χ4v) is 2.58. The number of nitro benzene ring substituents is 1. The maximum Gasteiger partial charge on any atom is 0.270 e. The quantitative estimate of drug-likeness (QED) is 0.506. The minimum absolute atomic E-state index is 0.160. The summed E-state index contributed by atoms with van der Waals surface area (Å²) in [6.45, 7) is 0.393. The van der Waals surface area contributed by atoms with Crippen molar-refractivity contribution in [2.75, 3.05) is 5.32 Å².